The number of aryl methyl sites for hydroxylation is 1. The number of carbonyl (C=O) groups is 1. The second kappa shape index (κ2) is 6.77. The molecular formula is C18H24N4O. The number of nitrogens with one attached hydrogen (secondary N) is 1. The maximum absolute atomic E-state index is 12.7. The molecule has 0 unspecified atom stereocenters. The van der Waals surface area contributed by atoms with Crippen LogP contribution in [0.2, 0.25) is 0 Å². The maximum Gasteiger partial charge on any atom is 0.278 e. The van der Waals surface area contributed by atoms with E-state index in [1.165, 1.54) is 6.20 Å². The van der Waals surface area contributed by atoms with E-state index in [4.69, 9.17) is 0 Å². The van der Waals surface area contributed by atoms with Crippen molar-refractivity contribution < 1.29 is 4.79 Å². The average Bonchev–Trinajstić information content (AvgIpc) is 2.47. The maximum atomic E-state index is 12.7. The first-order valence-electron chi connectivity index (χ1n) is 7.79. The van der Waals surface area contributed by atoms with Gasteiger partial charge < -0.3 is 10.2 Å². The summed E-state index contributed by atoms with van der Waals surface area (Å²) in [6, 6.07) is 7.87. The van der Waals surface area contributed by atoms with Gasteiger partial charge in [0.05, 0.1) is 12.4 Å². The molecule has 0 radical (unpaired) electrons. The predicted molar refractivity (Wildman–Crippen MR) is 93.9 cm³/mol. The molecule has 0 aliphatic rings. The van der Waals surface area contributed by atoms with Crippen LogP contribution in [0, 0.1) is 6.92 Å². The van der Waals surface area contributed by atoms with Crippen molar-refractivity contribution in [3.63, 3.8) is 0 Å². The van der Waals surface area contributed by atoms with E-state index in [9.17, 15) is 4.79 Å². The van der Waals surface area contributed by atoms with Crippen molar-refractivity contribution in [3.8, 4) is 0 Å². The molecule has 0 fully saturated rings. The van der Waals surface area contributed by atoms with Gasteiger partial charge in [0.25, 0.3) is 5.91 Å². The Morgan fingerprint density at radius 3 is 2.48 bits per heavy atom. The Hall–Kier alpha value is -2.43. The quantitative estimate of drug-likeness (QED) is 0.936. The van der Waals surface area contributed by atoms with Gasteiger partial charge in [-0.15, -0.1) is 0 Å². The molecule has 1 aromatic carbocycles. The molecule has 1 N–H and O–H groups in total. The van der Waals surface area contributed by atoms with Crippen LogP contribution < -0.4 is 10.2 Å². The molecule has 23 heavy (non-hydrogen) atoms. The molecule has 0 atom stereocenters. The zero-order valence-electron chi connectivity index (χ0n) is 14.4. The number of hydrogen-bond donors (Lipinski definition) is 1. The van der Waals surface area contributed by atoms with Crippen LogP contribution in [0.4, 0.5) is 11.5 Å². The summed E-state index contributed by atoms with van der Waals surface area (Å²) in [7, 11) is 0. The van der Waals surface area contributed by atoms with Gasteiger partial charge >= 0.3 is 0 Å². The Balaban J connectivity index is 2.21. The van der Waals surface area contributed by atoms with Crippen LogP contribution in [-0.4, -0.2) is 28.0 Å². The van der Waals surface area contributed by atoms with E-state index in [2.05, 4.69) is 15.3 Å². The number of aromatic nitrogens is 2. The lowest BCUT2D eigenvalue weighted by molar-refractivity contribution is 0.0983. The molecular weight excluding hydrogens is 288 g/mol. The molecule has 0 aliphatic heterocycles. The van der Waals surface area contributed by atoms with Crippen molar-refractivity contribution >= 4 is 17.4 Å². The molecule has 1 aromatic heterocycles. The van der Waals surface area contributed by atoms with Gasteiger partial charge in [0.1, 0.15) is 11.5 Å². The van der Waals surface area contributed by atoms with Gasteiger partial charge in [-0.25, -0.2) is 9.97 Å². The van der Waals surface area contributed by atoms with E-state index in [-0.39, 0.29) is 11.4 Å². The first kappa shape index (κ1) is 16.9. The highest BCUT2D eigenvalue weighted by Gasteiger charge is 2.18. The number of benzene rings is 1. The third-order valence-electron chi connectivity index (χ3n) is 3.25. The summed E-state index contributed by atoms with van der Waals surface area (Å²) < 4.78 is 0. The van der Waals surface area contributed by atoms with E-state index in [1.807, 2.05) is 58.9 Å². The standard InChI is InChI=1S/C18H24N4O/c1-6-22(14-9-7-8-13(2)10-14)17(23)15-11-20-16(12-19-15)21-18(3,4)5/h7-12H,6H2,1-5H3,(H,20,21). The molecule has 5 nitrogen and oxygen atoms in total. The normalized spacial score (nSPS) is 11.2. The fraction of sp³-hybridized carbons (Fsp3) is 0.389. The number of carbonyl (C=O) groups excluding carboxylic acids is 1. The lowest BCUT2D eigenvalue weighted by Crippen LogP contribution is -2.32. The largest absolute Gasteiger partial charge is 0.364 e. The highest BCUT2D eigenvalue weighted by Crippen LogP contribution is 2.18. The van der Waals surface area contributed by atoms with Crippen LogP contribution in [0.3, 0.4) is 0 Å². The minimum absolute atomic E-state index is 0.1000. The van der Waals surface area contributed by atoms with Gasteiger partial charge in [-0.3, -0.25) is 4.79 Å². The van der Waals surface area contributed by atoms with Crippen LogP contribution in [0.5, 0.6) is 0 Å². The number of nitrogens with zero attached hydrogens (tertiary/aromatic N) is 3. The Morgan fingerprint density at radius 1 is 1.22 bits per heavy atom. The summed E-state index contributed by atoms with van der Waals surface area (Å²) in [6.07, 6.45) is 3.12. The second-order valence-electron chi connectivity index (χ2n) is 6.55. The fourth-order valence-electron chi connectivity index (χ4n) is 2.26. The first-order valence-corrected chi connectivity index (χ1v) is 7.79. The second-order valence-corrected chi connectivity index (χ2v) is 6.55. The lowest BCUT2D eigenvalue weighted by atomic mass is 10.1. The Bertz CT molecular complexity index is 674. The molecule has 1 heterocycles. The molecule has 0 saturated carbocycles. The number of anilines is 2. The van der Waals surface area contributed by atoms with Crippen LogP contribution >= 0.6 is 0 Å². The topological polar surface area (TPSA) is 58.1 Å². The average molecular weight is 312 g/mol. The van der Waals surface area contributed by atoms with Crippen LogP contribution in [0.15, 0.2) is 36.7 Å². The van der Waals surface area contributed by atoms with Crippen molar-refractivity contribution in [1.29, 1.82) is 0 Å². The van der Waals surface area contributed by atoms with Gasteiger partial charge in [-0.2, -0.15) is 0 Å². The van der Waals surface area contributed by atoms with E-state index in [1.54, 1.807) is 11.1 Å². The summed E-state index contributed by atoms with van der Waals surface area (Å²) in [4.78, 5) is 22.9. The first-order chi connectivity index (χ1) is 10.8. The van der Waals surface area contributed by atoms with Gasteiger partial charge in [-0.05, 0) is 52.3 Å². The Labute approximate surface area is 137 Å². The van der Waals surface area contributed by atoms with Crippen LogP contribution in [-0.2, 0) is 0 Å². The summed E-state index contributed by atoms with van der Waals surface area (Å²) in [6.45, 7) is 10.7. The molecule has 2 aromatic rings. The van der Waals surface area contributed by atoms with E-state index in [0.717, 1.165) is 11.3 Å². The number of rotatable bonds is 4. The number of hydrogen-bond acceptors (Lipinski definition) is 4. The highest BCUT2D eigenvalue weighted by atomic mass is 16.2. The molecule has 0 spiro atoms. The van der Waals surface area contributed by atoms with Crippen molar-refractivity contribution in [2.45, 2.75) is 40.2 Å². The van der Waals surface area contributed by atoms with Gasteiger partial charge in [-0.1, -0.05) is 12.1 Å². The van der Waals surface area contributed by atoms with Crippen molar-refractivity contribution in [2.75, 3.05) is 16.8 Å². The predicted octanol–water partition coefficient (Wildman–Crippen LogP) is 3.66. The van der Waals surface area contributed by atoms with Crippen LogP contribution in [0.25, 0.3) is 0 Å². The molecule has 2 rings (SSSR count). The van der Waals surface area contributed by atoms with Gasteiger partial charge in [0.15, 0.2) is 0 Å². The Morgan fingerprint density at radius 2 is 1.96 bits per heavy atom. The summed E-state index contributed by atoms with van der Waals surface area (Å²) in [5.41, 5.74) is 2.23. The third-order valence-corrected chi connectivity index (χ3v) is 3.25. The van der Waals surface area contributed by atoms with Crippen molar-refractivity contribution in [2.24, 2.45) is 0 Å². The molecule has 0 aliphatic carbocycles. The van der Waals surface area contributed by atoms with Crippen LogP contribution in [0.1, 0.15) is 43.7 Å². The Kier molecular flexibility index (Phi) is 4.98. The molecule has 0 bridgehead atoms. The van der Waals surface area contributed by atoms with E-state index >= 15 is 0 Å². The monoisotopic (exact) mass is 312 g/mol. The molecule has 122 valence electrons. The zero-order chi connectivity index (χ0) is 17.0. The van der Waals surface area contributed by atoms with Gasteiger partial charge in [0, 0.05) is 17.8 Å². The number of amides is 1. The van der Waals surface area contributed by atoms with Crippen molar-refractivity contribution in [3.05, 3.63) is 47.9 Å². The van der Waals surface area contributed by atoms with Gasteiger partial charge in [0.2, 0.25) is 0 Å². The van der Waals surface area contributed by atoms with E-state index in [0.29, 0.717) is 18.1 Å². The SMILES string of the molecule is CCN(C(=O)c1cnc(NC(C)(C)C)cn1)c1cccc(C)c1. The lowest BCUT2D eigenvalue weighted by Gasteiger charge is -2.22. The third kappa shape index (κ3) is 4.52. The highest BCUT2D eigenvalue weighted by molar-refractivity contribution is 6.04. The smallest absolute Gasteiger partial charge is 0.278 e. The summed E-state index contributed by atoms with van der Waals surface area (Å²) >= 11 is 0. The fourth-order valence-corrected chi connectivity index (χ4v) is 2.26. The minimum Gasteiger partial charge on any atom is -0.364 e. The summed E-state index contributed by atoms with van der Waals surface area (Å²) in [5.74, 6) is 0.514. The molecule has 0 saturated heterocycles. The zero-order valence-corrected chi connectivity index (χ0v) is 14.4. The molecule has 5 heteroatoms. The van der Waals surface area contributed by atoms with E-state index < -0.39 is 0 Å². The van der Waals surface area contributed by atoms with Crippen molar-refractivity contribution in [1.82, 2.24) is 9.97 Å². The molecule has 1 amide bonds. The summed E-state index contributed by atoms with van der Waals surface area (Å²) in [5, 5.41) is 3.23. The minimum atomic E-state index is -0.145.